The third-order valence-corrected chi connectivity index (χ3v) is 6.01. The summed E-state index contributed by atoms with van der Waals surface area (Å²) >= 11 is 0. The van der Waals surface area contributed by atoms with Gasteiger partial charge < -0.3 is 10.1 Å². The number of aryl methyl sites for hydroxylation is 2. The van der Waals surface area contributed by atoms with E-state index in [-0.39, 0.29) is 11.6 Å². The molecule has 1 fully saturated rings. The molecule has 0 aromatic carbocycles. The standard InChI is InChI=1S/C20H24N8O/c1-12-7-17-22-11-23-27(17)10-16(12)24-19-21-9-15-13(2)26-28(18(15)25-19)14-5-6-20(3,8-14)29-4/h7,9-11,14H,5-6,8H2,1-4H3,(H,21,24,25). The van der Waals surface area contributed by atoms with Gasteiger partial charge in [0, 0.05) is 13.3 Å². The number of fused-ring (bicyclic) bond motifs is 2. The van der Waals surface area contributed by atoms with Crippen LogP contribution in [0.5, 0.6) is 0 Å². The molecule has 1 aliphatic rings. The van der Waals surface area contributed by atoms with Gasteiger partial charge in [-0.15, -0.1) is 0 Å². The number of nitrogens with one attached hydrogen (secondary N) is 1. The molecule has 2 atom stereocenters. The van der Waals surface area contributed by atoms with Crippen molar-refractivity contribution in [2.24, 2.45) is 0 Å². The van der Waals surface area contributed by atoms with Crippen molar-refractivity contribution in [1.29, 1.82) is 0 Å². The first-order valence-corrected chi connectivity index (χ1v) is 9.80. The molecule has 5 rings (SSSR count). The first-order valence-electron chi connectivity index (χ1n) is 9.80. The van der Waals surface area contributed by atoms with E-state index < -0.39 is 0 Å². The quantitative estimate of drug-likeness (QED) is 0.569. The fourth-order valence-corrected chi connectivity index (χ4v) is 4.16. The van der Waals surface area contributed by atoms with Gasteiger partial charge >= 0.3 is 0 Å². The van der Waals surface area contributed by atoms with E-state index >= 15 is 0 Å². The van der Waals surface area contributed by atoms with Gasteiger partial charge in [0.25, 0.3) is 0 Å². The highest BCUT2D eigenvalue weighted by atomic mass is 16.5. The third kappa shape index (κ3) is 3.02. The van der Waals surface area contributed by atoms with Crippen LogP contribution in [0.2, 0.25) is 0 Å². The molecule has 4 heterocycles. The second-order valence-electron chi connectivity index (χ2n) is 8.07. The van der Waals surface area contributed by atoms with Crippen LogP contribution in [0.15, 0.2) is 24.8 Å². The SMILES string of the molecule is COC1(C)CCC(n2nc(C)c3cnc(Nc4cn5ncnc5cc4C)nc32)C1. The number of nitrogens with zero attached hydrogens (tertiary/aromatic N) is 7. The van der Waals surface area contributed by atoms with Gasteiger partial charge in [0.15, 0.2) is 11.3 Å². The molecular weight excluding hydrogens is 368 g/mol. The van der Waals surface area contributed by atoms with Crippen molar-refractivity contribution in [2.45, 2.75) is 51.7 Å². The summed E-state index contributed by atoms with van der Waals surface area (Å²) in [5.74, 6) is 0.536. The molecular formula is C20H24N8O. The third-order valence-electron chi connectivity index (χ3n) is 6.01. The summed E-state index contributed by atoms with van der Waals surface area (Å²) < 4.78 is 9.49. The summed E-state index contributed by atoms with van der Waals surface area (Å²) in [5.41, 5.74) is 4.43. The van der Waals surface area contributed by atoms with E-state index in [9.17, 15) is 0 Å². The van der Waals surface area contributed by atoms with Gasteiger partial charge in [-0.2, -0.15) is 15.2 Å². The number of hydrogen-bond acceptors (Lipinski definition) is 7. The molecule has 0 bridgehead atoms. The van der Waals surface area contributed by atoms with Crippen molar-refractivity contribution in [1.82, 2.24) is 34.3 Å². The number of pyridine rings is 1. The number of methoxy groups -OCH3 is 1. The Bertz CT molecular complexity index is 1210. The molecule has 9 nitrogen and oxygen atoms in total. The number of aromatic nitrogens is 7. The van der Waals surface area contributed by atoms with Crippen molar-refractivity contribution >= 4 is 28.3 Å². The molecule has 1 N–H and O–H groups in total. The topological polar surface area (TPSA) is 95.0 Å². The van der Waals surface area contributed by atoms with Crippen LogP contribution in [-0.4, -0.2) is 47.1 Å². The van der Waals surface area contributed by atoms with Crippen LogP contribution in [0.3, 0.4) is 0 Å². The predicted molar refractivity (Wildman–Crippen MR) is 109 cm³/mol. The largest absolute Gasteiger partial charge is 0.378 e. The van der Waals surface area contributed by atoms with E-state index in [4.69, 9.17) is 14.8 Å². The Morgan fingerprint density at radius 3 is 2.93 bits per heavy atom. The lowest BCUT2D eigenvalue weighted by Gasteiger charge is -2.22. The molecule has 0 aliphatic heterocycles. The van der Waals surface area contributed by atoms with E-state index in [1.165, 1.54) is 6.33 Å². The molecule has 0 radical (unpaired) electrons. The predicted octanol–water partition coefficient (Wildman–Crippen LogP) is 3.36. The minimum absolute atomic E-state index is 0.102. The maximum absolute atomic E-state index is 5.71. The summed E-state index contributed by atoms with van der Waals surface area (Å²) in [4.78, 5) is 13.5. The molecule has 0 amide bonds. The minimum Gasteiger partial charge on any atom is -0.378 e. The molecule has 150 valence electrons. The summed E-state index contributed by atoms with van der Waals surface area (Å²) in [6, 6.07) is 2.25. The van der Waals surface area contributed by atoms with E-state index in [2.05, 4.69) is 32.0 Å². The van der Waals surface area contributed by atoms with E-state index in [0.717, 1.165) is 52.9 Å². The second kappa shape index (κ2) is 6.48. The van der Waals surface area contributed by atoms with Crippen LogP contribution < -0.4 is 5.32 Å². The molecule has 2 unspecified atom stereocenters. The van der Waals surface area contributed by atoms with Crippen molar-refractivity contribution < 1.29 is 4.74 Å². The van der Waals surface area contributed by atoms with Gasteiger partial charge in [0.1, 0.15) is 6.33 Å². The lowest BCUT2D eigenvalue weighted by molar-refractivity contribution is 0.00936. The highest BCUT2D eigenvalue weighted by Crippen LogP contribution is 2.40. The lowest BCUT2D eigenvalue weighted by atomic mass is 10.1. The van der Waals surface area contributed by atoms with Gasteiger partial charge in [-0.3, -0.25) is 0 Å². The van der Waals surface area contributed by atoms with Crippen LogP contribution in [0, 0.1) is 13.8 Å². The summed E-state index contributed by atoms with van der Waals surface area (Å²) in [6.07, 6.45) is 8.25. The Hall–Kier alpha value is -3.07. The molecule has 1 saturated carbocycles. The van der Waals surface area contributed by atoms with Crippen LogP contribution in [0.4, 0.5) is 11.6 Å². The smallest absolute Gasteiger partial charge is 0.229 e. The molecule has 4 aromatic rings. The number of rotatable bonds is 4. The normalized spacial score (nSPS) is 22.0. The maximum atomic E-state index is 5.71. The summed E-state index contributed by atoms with van der Waals surface area (Å²) in [6.45, 7) is 6.19. The Kier molecular flexibility index (Phi) is 4.02. The van der Waals surface area contributed by atoms with Crippen molar-refractivity contribution in [3.05, 3.63) is 36.0 Å². The Morgan fingerprint density at radius 2 is 2.14 bits per heavy atom. The van der Waals surface area contributed by atoms with Crippen LogP contribution in [-0.2, 0) is 4.74 Å². The van der Waals surface area contributed by atoms with Crippen LogP contribution in [0.25, 0.3) is 16.7 Å². The van der Waals surface area contributed by atoms with Gasteiger partial charge in [-0.1, -0.05) is 0 Å². The Balaban J connectivity index is 1.52. The van der Waals surface area contributed by atoms with E-state index in [1.807, 2.05) is 32.3 Å². The minimum atomic E-state index is -0.102. The summed E-state index contributed by atoms with van der Waals surface area (Å²) in [5, 5.41) is 13.3. The molecule has 0 saturated heterocycles. The Morgan fingerprint density at radius 1 is 1.28 bits per heavy atom. The lowest BCUT2D eigenvalue weighted by Crippen LogP contribution is -2.23. The van der Waals surface area contributed by atoms with Gasteiger partial charge in [0.2, 0.25) is 5.95 Å². The number of ether oxygens (including phenoxy) is 1. The number of hydrogen-bond donors (Lipinski definition) is 1. The van der Waals surface area contributed by atoms with Crippen molar-refractivity contribution in [3.63, 3.8) is 0 Å². The van der Waals surface area contributed by atoms with Crippen LogP contribution in [0.1, 0.15) is 43.5 Å². The average molecular weight is 392 g/mol. The zero-order valence-corrected chi connectivity index (χ0v) is 17.0. The van der Waals surface area contributed by atoms with Gasteiger partial charge in [-0.05, 0) is 51.7 Å². The molecule has 0 spiro atoms. The monoisotopic (exact) mass is 392 g/mol. The zero-order chi connectivity index (χ0) is 20.2. The van der Waals surface area contributed by atoms with E-state index in [0.29, 0.717) is 5.95 Å². The number of anilines is 2. The molecule has 9 heteroatoms. The highest BCUT2D eigenvalue weighted by molar-refractivity contribution is 5.79. The second-order valence-corrected chi connectivity index (χ2v) is 8.07. The fraction of sp³-hybridized carbons (Fsp3) is 0.450. The Labute approximate surface area is 168 Å². The summed E-state index contributed by atoms with van der Waals surface area (Å²) in [7, 11) is 1.79. The van der Waals surface area contributed by atoms with Crippen molar-refractivity contribution in [3.8, 4) is 0 Å². The molecule has 1 aliphatic carbocycles. The highest BCUT2D eigenvalue weighted by Gasteiger charge is 2.37. The fourth-order valence-electron chi connectivity index (χ4n) is 4.16. The van der Waals surface area contributed by atoms with Gasteiger partial charge in [0.05, 0.1) is 34.6 Å². The maximum Gasteiger partial charge on any atom is 0.229 e. The zero-order valence-electron chi connectivity index (χ0n) is 17.0. The first kappa shape index (κ1) is 18.0. The molecule has 4 aromatic heterocycles. The van der Waals surface area contributed by atoms with Gasteiger partial charge in [-0.25, -0.2) is 19.2 Å². The van der Waals surface area contributed by atoms with E-state index in [1.54, 1.807) is 11.6 Å². The molecule has 29 heavy (non-hydrogen) atoms. The van der Waals surface area contributed by atoms with Crippen molar-refractivity contribution in [2.75, 3.05) is 12.4 Å². The average Bonchev–Trinajstić information content (AvgIpc) is 3.40. The first-order chi connectivity index (χ1) is 14.0. The van der Waals surface area contributed by atoms with Crippen LogP contribution >= 0.6 is 0 Å².